The summed E-state index contributed by atoms with van der Waals surface area (Å²) in [6, 6.07) is 10.1. The minimum atomic E-state index is 0.749. The summed E-state index contributed by atoms with van der Waals surface area (Å²) in [5.74, 6) is 0. The first kappa shape index (κ1) is 10.1. The van der Waals surface area contributed by atoms with E-state index < -0.39 is 0 Å². The van der Waals surface area contributed by atoms with Crippen LogP contribution in [0, 0.1) is 0 Å². The van der Waals surface area contributed by atoms with Crippen LogP contribution in [-0.2, 0) is 11.5 Å². The molecule has 0 aliphatic rings. The zero-order valence-corrected chi connectivity index (χ0v) is 7.95. The maximum Gasteiger partial charge on any atom is 0.0376 e. The molecule has 4 nitrogen and oxygen atoms in total. The van der Waals surface area contributed by atoms with Gasteiger partial charge in [-0.1, -0.05) is 30.3 Å². The third-order valence-corrected chi connectivity index (χ3v) is 1.58. The van der Waals surface area contributed by atoms with Gasteiger partial charge in [0.05, 0.1) is 0 Å². The van der Waals surface area contributed by atoms with Gasteiger partial charge in [0, 0.05) is 20.6 Å². The van der Waals surface area contributed by atoms with Gasteiger partial charge in [0.1, 0.15) is 0 Å². The molecule has 0 atom stereocenters. The Balaban J connectivity index is 2.27. The first-order valence-electron chi connectivity index (χ1n) is 4.18. The van der Waals surface area contributed by atoms with Gasteiger partial charge in [0.2, 0.25) is 0 Å². The summed E-state index contributed by atoms with van der Waals surface area (Å²) in [6.07, 6.45) is 0. The monoisotopic (exact) mass is 181 g/mol. The average molecular weight is 181 g/mol. The van der Waals surface area contributed by atoms with E-state index in [4.69, 9.17) is 4.94 Å². The quantitative estimate of drug-likeness (QED) is 0.655. The molecule has 13 heavy (non-hydrogen) atoms. The lowest BCUT2D eigenvalue weighted by Crippen LogP contribution is -2.37. The fraction of sp³-hybridized carbons (Fsp3) is 0.333. The third kappa shape index (κ3) is 4.00. The van der Waals surface area contributed by atoms with E-state index >= 15 is 0 Å². The topological polar surface area (TPSA) is 36.5 Å². The largest absolute Gasteiger partial charge is 0.226 e. The molecule has 0 heterocycles. The van der Waals surface area contributed by atoms with Crippen molar-refractivity contribution in [3.8, 4) is 0 Å². The fourth-order valence-electron chi connectivity index (χ4n) is 0.968. The van der Waals surface area contributed by atoms with Gasteiger partial charge in [0.25, 0.3) is 0 Å². The van der Waals surface area contributed by atoms with Crippen LogP contribution in [0.2, 0.25) is 0 Å². The Kier molecular flexibility index (Phi) is 4.42. The number of hydrogen-bond acceptors (Lipinski definition) is 4. The van der Waals surface area contributed by atoms with Crippen LogP contribution in [0.3, 0.4) is 0 Å². The van der Waals surface area contributed by atoms with Crippen molar-refractivity contribution in [2.24, 2.45) is 0 Å². The predicted octanol–water partition coefficient (Wildman–Crippen LogP) is 0.689. The summed E-state index contributed by atoms with van der Waals surface area (Å²) < 4.78 is 0. The highest BCUT2D eigenvalue weighted by molar-refractivity contribution is 5.13. The SMILES string of the molecule is CNON(C)NCc1ccccc1. The average Bonchev–Trinajstić information content (AvgIpc) is 2.17. The van der Waals surface area contributed by atoms with E-state index in [-0.39, 0.29) is 0 Å². The smallest absolute Gasteiger partial charge is 0.0376 e. The molecule has 0 amide bonds. The molecule has 0 bridgehead atoms. The molecule has 72 valence electrons. The van der Waals surface area contributed by atoms with Crippen molar-refractivity contribution in [2.75, 3.05) is 14.1 Å². The Hall–Kier alpha value is -0.940. The Morgan fingerprint density at radius 3 is 2.62 bits per heavy atom. The molecule has 0 saturated carbocycles. The van der Waals surface area contributed by atoms with E-state index in [1.807, 2.05) is 18.2 Å². The molecule has 1 aromatic rings. The molecular formula is C9H15N3O. The second-order valence-electron chi connectivity index (χ2n) is 2.61. The number of nitrogens with one attached hydrogen (secondary N) is 2. The Morgan fingerprint density at radius 1 is 1.31 bits per heavy atom. The Morgan fingerprint density at radius 2 is 2.00 bits per heavy atom. The molecule has 0 aromatic heterocycles. The van der Waals surface area contributed by atoms with Crippen LogP contribution in [0.4, 0.5) is 0 Å². The minimum absolute atomic E-state index is 0.749. The van der Waals surface area contributed by atoms with Gasteiger partial charge in [-0.2, -0.15) is 10.4 Å². The van der Waals surface area contributed by atoms with Crippen LogP contribution in [-0.4, -0.2) is 19.3 Å². The first-order chi connectivity index (χ1) is 6.33. The highest BCUT2D eigenvalue weighted by atomic mass is 16.8. The standard InChI is InChI=1S/C9H15N3O/c1-10-13-12(2)11-8-9-6-4-3-5-7-9/h3-7,10-11H,8H2,1-2H3. The van der Waals surface area contributed by atoms with Gasteiger partial charge in [-0.15, -0.1) is 5.17 Å². The maximum absolute atomic E-state index is 4.94. The van der Waals surface area contributed by atoms with Crippen LogP contribution in [0.15, 0.2) is 30.3 Å². The predicted molar refractivity (Wildman–Crippen MR) is 51.2 cm³/mol. The summed E-state index contributed by atoms with van der Waals surface area (Å²) in [7, 11) is 3.50. The van der Waals surface area contributed by atoms with E-state index in [2.05, 4.69) is 23.0 Å². The lowest BCUT2D eigenvalue weighted by atomic mass is 10.2. The number of benzene rings is 1. The molecule has 0 spiro atoms. The molecule has 1 rings (SSSR count). The second-order valence-corrected chi connectivity index (χ2v) is 2.61. The van der Waals surface area contributed by atoms with Crippen LogP contribution in [0.1, 0.15) is 5.56 Å². The highest BCUT2D eigenvalue weighted by Gasteiger charge is 1.95. The summed E-state index contributed by atoms with van der Waals surface area (Å²) in [5, 5.41) is 1.52. The van der Waals surface area contributed by atoms with Crippen molar-refractivity contribution in [3.63, 3.8) is 0 Å². The minimum Gasteiger partial charge on any atom is -0.226 e. The molecule has 1 aromatic carbocycles. The molecule has 0 aliphatic heterocycles. The summed E-state index contributed by atoms with van der Waals surface area (Å²) >= 11 is 0. The Labute approximate surface area is 78.4 Å². The molecular weight excluding hydrogens is 166 g/mol. The number of hydrogen-bond donors (Lipinski definition) is 2. The summed E-state index contributed by atoms with van der Waals surface area (Å²) in [5.41, 5.74) is 6.83. The summed E-state index contributed by atoms with van der Waals surface area (Å²) in [4.78, 5) is 4.94. The van der Waals surface area contributed by atoms with Gasteiger partial charge >= 0.3 is 0 Å². The fourth-order valence-corrected chi connectivity index (χ4v) is 0.968. The maximum atomic E-state index is 4.94. The normalized spacial score (nSPS) is 10.7. The van der Waals surface area contributed by atoms with Crippen molar-refractivity contribution in [1.29, 1.82) is 0 Å². The van der Waals surface area contributed by atoms with Crippen LogP contribution >= 0.6 is 0 Å². The molecule has 4 heteroatoms. The number of nitrogens with zero attached hydrogens (tertiary/aromatic N) is 1. The van der Waals surface area contributed by atoms with Crippen molar-refractivity contribution >= 4 is 0 Å². The molecule has 0 fully saturated rings. The van der Waals surface area contributed by atoms with Gasteiger partial charge in [-0.05, 0) is 5.56 Å². The van der Waals surface area contributed by atoms with Crippen LogP contribution < -0.4 is 10.9 Å². The van der Waals surface area contributed by atoms with E-state index in [9.17, 15) is 0 Å². The van der Waals surface area contributed by atoms with Gasteiger partial charge in [-0.3, -0.25) is 0 Å². The van der Waals surface area contributed by atoms with Crippen LogP contribution in [0.5, 0.6) is 0 Å². The van der Waals surface area contributed by atoms with Crippen molar-refractivity contribution < 1.29 is 4.94 Å². The molecule has 0 unspecified atom stereocenters. The van der Waals surface area contributed by atoms with E-state index in [0.29, 0.717) is 0 Å². The van der Waals surface area contributed by atoms with Crippen molar-refractivity contribution in [2.45, 2.75) is 6.54 Å². The van der Waals surface area contributed by atoms with E-state index in [1.54, 1.807) is 14.1 Å². The third-order valence-electron chi connectivity index (χ3n) is 1.58. The van der Waals surface area contributed by atoms with Crippen molar-refractivity contribution in [3.05, 3.63) is 35.9 Å². The number of hydrazine groups is 1. The summed E-state index contributed by atoms with van der Waals surface area (Å²) in [6.45, 7) is 0.749. The number of hydroxylamine groups is 2. The zero-order chi connectivity index (χ0) is 9.52. The molecule has 2 N–H and O–H groups in total. The molecule has 0 saturated heterocycles. The Bertz CT molecular complexity index is 228. The van der Waals surface area contributed by atoms with Gasteiger partial charge in [-0.25, -0.2) is 5.43 Å². The van der Waals surface area contributed by atoms with Gasteiger partial charge < -0.3 is 0 Å². The van der Waals surface area contributed by atoms with Gasteiger partial charge in [0.15, 0.2) is 0 Å². The second kappa shape index (κ2) is 5.66. The first-order valence-corrected chi connectivity index (χ1v) is 4.18. The van der Waals surface area contributed by atoms with Crippen molar-refractivity contribution in [1.82, 2.24) is 16.1 Å². The zero-order valence-electron chi connectivity index (χ0n) is 7.95. The highest BCUT2D eigenvalue weighted by Crippen LogP contribution is 1.96. The molecule has 0 aliphatic carbocycles. The lowest BCUT2D eigenvalue weighted by Gasteiger charge is -2.15. The molecule has 0 radical (unpaired) electrons. The number of rotatable bonds is 5. The van der Waals surface area contributed by atoms with Crippen LogP contribution in [0.25, 0.3) is 0 Å². The lowest BCUT2D eigenvalue weighted by molar-refractivity contribution is -0.220. The van der Waals surface area contributed by atoms with E-state index in [1.165, 1.54) is 10.7 Å². The van der Waals surface area contributed by atoms with E-state index in [0.717, 1.165) is 6.54 Å².